The summed E-state index contributed by atoms with van der Waals surface area (Å²) in [6.07, 6.45) is 1.70. The van der Waals surface area contributed by atoms with Crippen LogP contribution >= 0.6 is 0 Å². The van der Waals surface area contributed by atoms with E-state index in [0.717, 1.165) is 13.0 Å². The summed E-state index contributed by atoms with van der Waals surface area (Å²) in [6.45, 7) is 11.3. The zero-order valence-corrected chi connectivity index (χ0v) is 13.5. The molecule has 0 aliphatic carbocycles. The monoisotopic (exact) mass is 286 g/mol. The Labute approximate surface area is 122 Å². The summed E-state index contributed by atoms with van der Waals surface area (Å²) in [5.41, 5.74) is -0.0207. The fourth-order valence-corrected chi connectivity index (χ4v) is 1.67. The molecule has 0 aromatic carbocycles. The predicted octanol–water partition coefficient (Wildman–Crippen LogP) is 2.02. The van der Waals surface area contributed by atoms with Crippen molar-refractivity contribution in [3.8, 4) is 0 Å². The Hall–Kier alpha value is -1.10. The van der Waals surface area contributed by atoms with Crippen molar-refractivity contribution >= 4 is 11.9 Å². The second kappa shape index (κ2) is 8.95. The first-order valence-electron chi connectivity index (χ1n) is 7.36. The van der Waals surface area contributed by atoms with Crippen molar-refractivity contribution in [2.24, 2.45) is 11.3 Å². The van der Waals surface area contributed by atoms with E-state index in [1.165, 1.54) is 0 Å². The molecule has 5 heteroatoms. The second-order valence-corrected chi connectivity index (χ2v) is 6.58. The summed E-state index contributed by atoms with van der Waals surface area (Å²) in [5, 5.41) is 14.7. The van der Waals surface area contributed by atoms with Gasteiger partial charge in [-0.15, -0.1) is 0 Å². The maximum absolute atomic E-state index is 11.6. The molecular formula is C15H30N2O3. The lowest BCUT2D eigenvalue weighted by molar-refractivity contribution is -0.137. The molecule has 5 nitrogen and oxygen atoms in total. The molecule has 0 rings (SSSR count). The highest BCUT2D eigenvalue weighted by molar-refractivity contribution is 5.78. The Morgan fingerprint density at radius 1 is 1.15 bits per heavy atom. The Morgan fingerprint density at radius 3 is 2.25 bits per heavy atom. The van der Waals surface area contributed by atoms with Crippen LogP contribution in [0.2, 0.25) is 0 Å². The number of carboxylic acid groups (broad SMARTS) is 1. The molecule has 0 aliphatic rings. The third kappa shape index (κ3) is 9.78. The smallest absolute Gasteiger partial charge is 0.303 e. The summed E-state index contributed by atoms with van der Waals surface area (Å²) in [6, 6.07) is 0.177. The van der Waals surface area contributed by atoms with Crippen molar-refractivity contribution in [3.05, 3.63) is 0 Å². The van der Waals surface area contributed by atoms with Crippen molar-refractivity contribution in [2.45, 2.75) is 59.9 Å². The number of carbonyl (C=O) groups is 2. The van der Waals surface area contributed by atoms with E-state index in [4.69, 9.17) is 5.11 Å². The molecule has 0 heterocycles. The molecule has 0 saturated carbocycles. The molecule has 118 valence electrons. The molecule has 0 spiro atoms. The molecule has 1 amide bonds. The number of carboxylic acids is 1. The van der Waals surface area contributed by atoms with Crippen molar-refractivity contribution in [1.82, 2.24) is 10.6 Å². The lowest BCUT2D eigenvalue weighted by Crippen LogP contribution is -2.41. The average molecular weight is 286 g/mol. The fraction of sp³-hybridized carbons (Fsp3) is 0.867. The van der Waals surface area contributed by atoms with Crippen LogP contribution in [0.15, 0.2) is 0 Å². The lowest BCUT2D eigenvalue weighted by atomic mass is 9.84. The Balaban J connectivity index is 3.79. The lowest BCUT2D eigenvalue weighted by Gasteiger charge is -2.24. The Bertz CT molecular complexity index is 314. The van der Waals surface area contributed by atoms with Gasteiger partial charge in [0, 0.05) is 12.5 Å². The zero-order chi connectivity index (χ0) is 15.8. The molecule has 0 aliphatic heterocycles. The minimum atomic E-state index is -0.756. The summed E-state index contributed by atoms with van der Waals surface area (Å²) in [7, 11) is 0. The second-order valence-electron chi connectivity index (χ2n) is 6.58. The van der Waals surface area contributed by atoms with E-state index in [0.29, 0.717) is 18.9 Å². The number of amides is 1. The number of aliphatic carboxylic acids is 1. The number of hydrogen-bond acceptors (Lipinski definition) is 3. The Kier molecular flexibility index (Phi) is 8.46. The first kappa shape index (κ1) is 18.9. The topological polar surface area (TPSA) is 78.4 Å². The average Bonchev–Trinajstić information content (AvgIpc) is 2.32. The third-order valence-corrected chi connectivity index (χ3v) is 3.67. The quantitative estimate of drug-likeness (QED) is 0.537. The Morgan fingerprint density at radius 2 is 1.75 bits per heavy atom. The van der Waals surface area contributed by atoms with E-state index >= 15 is 0 Å². The van der Waals surface area contributed by atoms with Crippen molar-refractivity contribution in [3.63, 3.8) is 0 Å². The number of carbonyl (C=O) groups excluding carboxylic acids is 1. The highest BCUT2D eigenvalue weighted by Gasteiger charge is 2.19. The fourth-order valence-electron chi connectivity index (χ4n) is 1.67. The summed E-state index contributed by atoms with van der Waals surface area (Å²) < 4.78 is 0. The van der Waals surface area contributed by atoms with Crippen LogP contribution in [0.5, 0.6) is 0 Å². The standard InChI is InChI=1S/C15H30N2O3/c1-11(2)12(3)17-13(18)10-16-9-8-15(4,5)7-6-14(19)20/h11-12,16H,6-10H2,1-5H3,(H,17,18)(H,19,20). The van der Waals surface area contributed by atoms with Gasteiger partial charge in [-0.2, -0.15) is 0 Å². The molecule has 0 fully saturated rings. The SMILES string of the molecule is CC(C)C(C)NC(=O)CNCCC(C)(C)CCC(=O)O. The first-order chi connectivity index (χ1) is 9.14. The first-order valence-corrected chi connectivity index (χ1v) is 7.36. The highest BCUT2D eigenvalue weighted by atomic mass is 16.4. The van der Waals surface area contributed by atoms with Crippen LogP contribution in [-0.2, 0) is 9.59 Å². The molecule has 0 aromatic rings. The van der Waals surface area contributed by atoms with Crippen molar-refractivity contribution < 1.29 is 14.7 Å². The molecular weight excluding hydrogens is 256 g/mol. The van der Waals surface area contributed by atoms with Crippen LogP contribution in [0.25, 0.3) is 0 Å². The molecule has 3 N–H and O–H groups in total. The van der Waals surface area contributed by atoms with Gasteiger partial charge in [-0.05, 0) is 37.6 Å². The van der Waals surface area contributed by atoms with Gasteiger partial charge in [0.05, 0.1) is 6.54 Å². The minimum absolute atomic E-state index is 0.00884. The maximum atomic E-state index is 11.6. The molecule has 1 atom stereocenters. The largest absolute Gasteiger partial charge is 0.481 e. The van der Waals surface area contributed by atoms with Gasteiger partial charge >= 0.3 is 5.97 Å². The van der Waals surface area contributed by atoms with Crippen LogP contribution in [0, 0.1) is 11.3 Å². The van der Waals surface area contributed by atoms with E-state index < -0.39 is 5.97 Å². The van der Waals surface area contributed by atoms with E-state index in [1.54, 1.807) is 0 Å². The van der Waals surface area contributed by atoms with Crippen LogP contribution in [0.4, 0.5) is 0 Å². The van der Waals surface area contributed by atoms with Crippen LogP contribution < -0.4 is 10.6 Å². The van der Waals surface area contributed by atoms with Crippen LogP contribution in [-0.4, -0.2) is 36.1 Å². The number of rotatable bonds is 10. The zero-order valence-electron chi connectivity index (χ0n) is 13.5. The van der Waals surface area contributed by atoms with Gasteiger partial charge < -0.3 is 15.7 Å². The summed E-state index contributed by atoms with van der Waals surface area (Å²) >= 11 is 0. The normalized spacial score (nSPS) is 13.3. The van der Waals surface area contributed by atoms with E-state index in [1.807, 2.05) is 6.92 Å². The molecule has 0 radical (unpaired) electrons. The van der Waals surface area contributed by atoms with E-state index in [-0.39, 0.29) is 23.8 Å². The van der Waals surface area contributed by atoms with E-state index in [2.05, 4.69) is 38.3 Å². The number of hydrogen-bond donors (Lipinski definition) is 3. The van der Waals surface area contributed by atoms with Gasteiger partial charge in [0.2, 0.25) is 5.91 Å². The van der Waals surface area contributed by atoms with Gasteiger partial charge in [0.25, 0.3) is 0 Å². The predicted molar refractivity (Wildman–Crippen MR) is 80.6 cm³/mol. The van der Waals surface area contributed by atoms with Gasteiger partial charge in [0.1, 0.15) is 0 Å². The van der Waals surface area contributed by atoms with Crippen LogP contribution in [0.1, 0.15) is 53.9 Å². The molecule has 0 aromatic heterocycles. The molecule has 0 saturated heterocycles. The van der Waals surface area contributed by atoms with Gasteiger partial charge in [-0.3, -0.25) is 9.59 Å². The highest BCUT2D eigenvalue weighted by Crippen LogP contribution is 2.25. The van der Waals surface area contributed by atoms with Crippen molar-refractivity contribution in [2.75, 3.05) is 13.1 Å². The van der Waals surface area contributed by atoms with Gasteiger partial charge in [0.15, 0.2) is 0 Å². The third-order valence-electron chi connectivity index (χ3n) is 3.67. The van der Waals surface area contributed by atoms with E-state index in [9.17, 15) is 9.59 Å². The summed E-state index contributed by atoms with van der Waals surface area (Å²) in [5.74, 6) is -0.323. The van der Waals surface area contributed by atoms with Crippen LogP contribution in [0.3, 0.4) is 0 Å². The maximum Gasteiger partial charge on any atom is 0.303 e. The molecule has 0 bridgehead atoms. The van der Waals surface area contributed by atoms with Gasteiger partial charge in [-0.25, -0.2) is 0 Å². The molecule has 20 heavy (non-hydrogen) atoms. The summed E-state index contributed by atoms with van der Waals surface area (Å²) in [4.78, 5) is 22.2. The van der Waals surface area contributed by atoms with Gasteiger partial charge in [-0.1, -0.05) is 27.7 Å². The minimum Gasteiger partial charge on any atom is -0.481 e. The van der Waals surface area contributed by atoms with Crippen molar-refractivity contribution in [1.29, 1.82) is 0 Å². The number of nitrogens with one attached hydrogen (secondary N) is 2. The molecule has 1 unspecified atom stereocenters.